The Morgan fingerprint density at radius 2 is 2.17 bits per heavy atom. The van der Waals surface area contributed by atoms with Crippen molar-refractivity contribution in [1.82, 2.24) is 10.2 Å². The summed E-state index contributed by atoms with van der Waals surface area (Å²) in [7, 11) is 0. The first-order valence-electron chi connectivity index (χ1n) is 7.57. The summed E-state index contributed by atoms with van der Waals surface area (Å²) in [5.41, 5.74) is 0.501. The standard InChI is InChI=1S/C15H32N2O/c1-5-18-11-7-9-16-12-14(2)17-10-6-8-15(3,4)13-17/h14,16H,5-13H2,1-4H3. The van der Waals surface area contributed by atoms with Gasteiger partial charge in [0, 0.05) is 32.3 Å². The molecule has 1 heterocycles. The van der Waals surface area contributed by atoms with Gasteiger partial charge < -0.3 is 10.1 Å². The molecule has 0 aromatic carbocycles. The molecule has 1 aliphatic rings. The molecule has 1 atom stereocenters. The summed E-state index contributed by atoms with van der Waals surface area (Å²) in [6.45, 7) is 15.6. The zero-order valence-electron chi connectivity index (χ0n) is 12.8. The molecule has 108 valence electrons. The average molecular weight is 256 g/mol. The highest BCUT2D eigenvalue weighted by Crippen LogP contribution is 2.29. The second-order valence-electron chi connectivity index (χ2n) is 6.34. The van der Waals surface area contributed by atoms with Crippen LogP contribution in [0.2, 0.25) is 0 Å². The molecular weight excluding hydrogens is 224 g/mol. The Kier molecular flexibility index (Phi) is 7.20. The van der Waals surface area contributed by atoms with Crippen molar-refractivity contribution in [3.8, 4) is 0 Å². The Bertz CT molecular complexity index is 219. The second kappa shape index (κ2) is 8.13. The summed E-state index contributed by atoms with van der Waals surface area (Å²) in [4.78, 5) is 2.64. The fraction of sp³-hybridized carbons (Fsp3) is 1.00. The van der Waals surface area contributed by atoms with Crippen LogP contribution >= 0.6 is 0 Å². The van der Waals surface area contributed by atoms with Crippen molar-refractivity contribution < 1.29 is 4.74 Å². The zero-order chi connectivity index (χ0) is 13.4. The number of hydrogen-bond donors (Lipinski definition) is 1. The predicted octanol–water partition coefficient (Wildman–Crippen LogP) is 2.51. The molecule has 0 amide bonds. The molecule has 0 aromatic heterocycles. The van der Waals surface area contributed by atoms with Crippen LogP contribution in [0.1, 0.15) is 47.0 Å². The zero-order valence-corrected chi connectivity index (χ0v) is 12.8. The maximum absolute atomic E-state index is 5.33. The number of nitrogens with one attached hydrogen (secondary N) is 1. The van der Waals surface area contributed by atoms with Gasteiger partial charge >= 0.3 is 0 Å². The lowest BCUT2D eigenvalue weighted by molar-refractivity contribution is 0.0837. The van der Waals surface area contributed by atoms with Crippen LogP contribution in [0.25, 0.3) is 0 Å². The van der Waals surface area contributed by atoms with Gasteiger partial charge in [0.15, 0.2) is 0 Å². The van der Waals surface area contributed by atoms with Gasteiger partial charge in [-0.1, -0.05) is 13.8 Å². The molecule has 3 heteroatoms. The molecule has 18 heavy (non-hydrogen) atoms. The monoisotopic (exact) mass is 256 g/mol. The molecule has 3 nitrogen and oxygen atoms in total. The van der Waals surface area contributed by atoms with Crippen LogP contribution in [-0.2, 0) is 4.74 Å². The number of hydrogen-bond acceptors (Lipinski definition) is 3. The van der Waals surface area contributed by atoms with Gasteiger partial charge in [-0.05, 0) is 51.6 Å². The number of ether oxygens (including phenoxy) is 1. The highest BCUT2D eigenvalue weighted by atomic mass is 16.5. The summed E-state index contributed by atoms with van der Waals surface area (Å²) < 4.78 is 5.33. The highest BCUT2D eigenvalue weighted by Gasteiger charge is 2.28. The van der Waals surface area contributed by atoms with Gasteiger partial charge in [0.2, 0.25) is 0 Å². The summed E-state index contributed by atoms with van der Waals surface area (Å²) in [6.07, 6.45) is 3.84. The van der Waals surface area contributed by atoms with E-state index < -0.39 is 0 Å². The molecule has 1 aliphatic heterocycles. The minimum atomic E-state index is 0.501. The Balaban J connectivity index is 2.10. The van der Waals surface area contributed by atoms with Gasteiger partial charge in [0.05, 0.1) is 0 Å². The lowest BCUT2D eigenvalue weighted by Gasteiger charge is -2.41. The maximum Gasteiger partial charge on any atom is 0.0477 e. The molecular formula is C15H32N2O. The van der Waals surface area contributed by atoms with Crippen LogP contribution in [0.15, 0.2) is 0 Å². The van der Waals surface area contributed by atoms with Gasteiger partial charge in [0.1, 0.15) is 0 Å². The van der Waals surface area contributed by atoms with E-state index in [9.17, 15) is 0 Å². The van der Waals surface area contributed by atoms with Crippen LogP contribution in [0, 0.1) is 5.41 Å². The largest absolute Gasteiger partial charge is 0.382 e. The smallest absolute Gasteiger partial charge is 0.0477 e. The number of nitrogens with zero attached hydrogens (tertiary/aromatic N) is 1. The number of piperidine rings is 1. The highest BCUT2D eigenvalue weighted by molar-refractivity contribution is 4.83. The lowest BCUT2D eigenvalue weighted by Crippen LogP contribution is -2.48. The molecule has 0 saturated carbocycles. The molecule has 1 N–H and O–H groups in total. The van der Waals surface area contributed by atoms with Crippen LogP contribution in [0.5, 0.6) is 0 Å². The van der Waals surface area contributed by atoms with E-state index in [1.807, 2.05) is 6.92 Å². The normalized spacial score (nSPS) is 22.0. The van der Waals surface area contributed by atoms with E-state index in [0.29, 0.717) is 11.5 Å². The van der Waals surface area contributed by atoms with E-state index in [4.69, 9.17) is 4.74 Å². The maximum atomic E-state index is 5.33. The molecule has 1 saturated heterocycles. The van der Waals surface area contributed by atoms with Crippen molar-refractivity contribution in [3.63, 3.8) is 0 Å². The van der Waals surface area contributed by atoms with Crippen molar-refractivity contribution in [1.29, 1.82) is 0 Å². The fourth-order valence-corrected chi connectivity index (χ4v) is 2.73. The molecule has 0 spiro atoms. The summed E-state index contributed by atoms with van der Waals surface area (Å²) >= 11 is 0. The van der Waals surface area contributed by atoms with Crippen molar-refractivity contribution in [2.75, 3.05) is 39.4 Å². The Hall–Kier alpha value is -0.120. The van der Waals surface area contributed by atoms with E-state index >= 15 is 0 Å². The van der Waals surface area contributed by atoms with Crippen molar-refractivity contribution in [2.45, 2.75) is 53.0 Å². The Labute approximate surface area is 113 Å². The third-order valence-corrected chi connectivity index (χ3v) is 3.84. The average Bonchev–Trinajstić information content (AvgIpc) is 2.32. The number of likely N-dealkylation sites (tertiary alicyclic amines) is 1. The van der Waals surface area contributed by atoms with Crippen molar-refractivity contribution in [2.24, 2.45) is 5.41 Å². The molecule has 1 rings (SSSR count). The predicted molar refractivity (Wildman–Crippen MR) is 78.0 cm³/mol. The topological polar surface area (TPSA) is 24.5 Å². The van der Waals surface area contributed by atoms with Crippen LogP contribution in [0.4, 0.5) is 0 Å². The van der Waals surface area contributed by atoms with Crippen molar-refractivity contribution >= 4 is 0 Å². The van der Waals surface area contributed by atoms with Crippen LogP contribution in [-0.4, -0.2) is 50.3 Å². The van der Waals surface area contributed by atoms with Gasteiger partial charge in [-0.25, -0.2) is 0 Å². The first-order chi connectivity index (χ1) is 8.55. The van der Waals surface area contributed by atoms with Gasteiger partial charge in [-0.3, -0.25) is 4.90 Å². The Morgan fingerprint density at radius 3 is 2.83 bits per heavy atom. The first kappa shape index (κ1) is 15.9. The summed E-state index contributed by atoms with van der Waals surface area (Å²) in [5.74, 6) is 0. The van der Waals surface area contributed by atoms with E-state index in [-0.39, 0.29) is 0 Å². The van der Waals surface area contributed by atoms with E-state index in [1.165, 1.54) is 25.9 Å². The van der Waals surface area contributed by atoms with E-state index in [1.54, 1.807) is 0 Å². The molecule has 1 unspecified atom stereocenters. The lowest BCUT2D eigenvalue weighted by atomic mass is 9.83. The SMILES string of the molecule is CCOCCCNCC(C)N1CCCC(C)(C)C1. The Morgan fingerprint density at radius 1 is 1.39 bits per heavy atom. The third-order valence-electron chi connectivity index (χ3n) is 3.84. The number of rotatable bonds is 8. The minimum absolute atomic E-state index is 0.501. The molecule has 1 fully saturated rings. The molecule has 0 radical (unpaired) electrons. The second-order valence-corrected chi connectivity index (χ2v) is 6.34. The summed E-state index contributed by atoms with van der Waals surface area (Å²) in [6, 6.07) is 0.650. The van der Waals surface area contributed by atoms with Crippen molar-refractivity contribution in [3.05, 3.63) is 0 Å². The first-order valence-corrected chi connectivity index (χ1v) is 7.57. The van der Waals surface area contributed by atoms with Crippen LogP contribution < -0.4 is 5.32 Å². The van der Waals surface area contributed by atoms with E-state index in [2.05, 4.69) is 31.0 Å². The quantitative estimate of drug-likeness (QED) is 0.675. The third kappa shape index (κ3) is 6.17. The van der Waals surface area contributed by atoms with Crippen LogP contribution in [0.3, 0.4) is 0 Å². The van der Waals surface area contributed by atoms with Gasteiger partial charge in [-0.2, -0.15) is 0 Å². The minimum Gasteiger partial charge on any atom is -0.382 e. The van der Waals surface area contributed by atoms with Gasteiger partial charge in [-0.15, -0.1) is 0 Å². The van der Waals surface area contributed by atoms with Gasteiger partial charge in [0.25, 0.3) is 0 Å². The summed E-state index contributed by atoms with van der Waals surface area (Å²) in [5, 5.41) is 3.55. The molecule has 0 aliphatic carbocycles. The molecule has 0 aromatic rings. The fourth-order valence-electron chi connectivity index (χ4n) is 2.73. The molecule has 0 bridgehead atoms. The van der Waals surface area contributed by atoms with E-state index in [0.717, 1.165) is 32.7 Å².